The molecular formula is C19H31NO. The van der Waals surface area contributed by atoms with E-state index in [0.29, 0.717) is 22.8 Å². The van der Waals surface area contributed by atoms with E-state index in [9.17, 15) is 0 Å². The maximum absolute atomic E-state index is 5.64. The van der Waals surface area contributed by atoms with Gasteiger partial charge in [0.05, 0.1) is 7.11 Å². The smallest absolute Gasteiger partial charge is 0.123 e. The molecule has 0 aromatic heterocycles. The van der Waals surface area contributed by atoms with Crippen LogP contribution in [0, 0.1) is 23.7 Å². The van der Waals surface area contributed by atoms with Crippen molar-refractivity contribution in [2.45, 2.75) is 54.0 Å². The van der Waals surface area contributed by atoms with Gasteiger partial charge in [0, 0.05) is 11.6 Å². The second-order valence-electron chi connectivity index (χ2n) is 7.60. The minimum atomic E-state index is 0.354. The molecule has 0 radical (unpaired) electrons. The largest absolute Gasteiger partial charge is 0.496 e. The number of hydrogen-bond donors (Lipinski definition) is 1. The van der Waals surface area contributed by atoms with Crippen molar-refractivity contribution in [2.24, 2.45) is 16.7 Å². The molecule has 21 heavy (non-hydrogen) atoms. The predicted molar refractivity (Wildman–Crippen MR) is 89.8 cm³/mol. The first kappa shape index (κ1) is 16.4. The molecule has 1 fully saturated rings. The van der Waals surface area contributed by atoms with Gasteiger partial charge >= 0.3 is 0 Å². The Hall–Kier alpha value is -1.02. The van der Waals surface area contributed by atoms with Gasteiger partial charge < -0.3 is 10.1 Å². The van der Waals surface area contributed by atoms with Crippen LogP contribution in [0.5, 0.6) is 5.75 Å². The summed E-state index contributed by atoms with van der Waals surface area (Å²) in [5, 5.41) is 3.78. The fraction of sp³-hybridized carbons (Fsp3) is 0.684. The Bertz CT molecular complexity index is 490. The highest BCUT2D eigenvalue weighted by Crippen LogP contribution is 2.72. The van der Waals surface area contributed by atoms with Gasteiger partial charge in [0.1, 0.15) is 5.75 Å². The van der Waals surface area contributed by atoms with Crippen molar-refractivity contribution in [3.8, 4) is 5.75 Å². The minimum Gasteiger partial charge on any atom is -0.496 e. The van der Waals surface area contributed by atoms with Crippen molar-refractivity contribution < 1.29 is 4.74 Å². The Morgan fingerprint density at radius 1 is 1.19 bits per heavy atom. The Kier molecular flexibility index (Phi) is 4.39. The van der Waals surface area contributed by atoms with Crippen LogP contribution in [-0.4, -0.2) is 13.7 Å². The molecule has 1 aliphatic rings. The van der Waals surface area contributed by atoms with Crippen LogP contribution < -0.4 is 10.1 Å². The molecule has 2 heteroatoms. The van der Waals surface area contributed by atoms with Crippen molar-refractivity contribution in [3.05, 3.63) is 29.3 Å². The molecule has 1 saturated carbocycles. The van der Waals surface area contributed by atoms with E-state index in [-0.39, 0.29) is 0 Å². The molecule has 0 aliphatic heterocycles. The van der Waals surface area contributed by atoms with Gasteiger partial charge in [-0.2, -0.15) is 0 Å². The number of methoxy groups -OCH3 is 1. The Morgan fingerprint density at radius 2 is 1.81 bits per heavy atom. The van der Waals surface area contributed by atoms with E-state index >= 15 is 0 Å². The van der Waals surface area contributed by atoms with Crippen LogP contribution in [-0.2, 0) is 0 Å². The maximum atomic E-state index is 5.64. The van der Waals surface area contributed by atoms with Crippen LogP contribution >= 0.6 is 0 Å². The number of ether oxygens (including phenoxy) is 1. The van der Waals surface area contributed by atoms with Crippen LogP contribution in [0.3, 0.4) is 0 Å². The molecule has 2 nitrogen and oxygen atoms in total. The lowest BCUT2D eigenvalue weighted by Crippen LogP contribution is -2.26. The summed E-state index contributed by atoms with van der Waals surface area (Å²) in [6, 6.07) is 6.89. The van der Waals surface area contributed by atoms with Gasteiger partial charge in [0.25, 0.3) is 0 Å². The average Bonchev–Trinajstić information content (AvgIpc) is 2.82. The zero-order valence-corrected chi connectivity index (χ0v) is 14.7. The van der Waals surface area contributed by atoms with E-state index in [4.69, 9.17) is 4.74 Å². The molecule has 0 bridgehead atoms. The summed E-state index contributed by atoms with van der Waals surface area (Å²) in [5.41, 5.74) is 3.32. The summed E-state index contributed by atoms with van der Waals surface area (Å²) in [6.45, 7) is 15.0. The first-order chi connectivity index (χ1) is 9.77. The third-order valence-corrected chi connectivity index (χ3v) is 5.80. The summed E-state index contributed by atoms with van der Waals surface area (Å²) >= 11 is 0. The predicted octanol–water partition coefficient (Wildman–Crippen LogP) is 4.73. The van der Waals surface area contributed by atoms with Gasteiger partial charge in [-0.15, -0.1) is 0 Å². The lowest BCUT2D eigenvalue weighted by Gasteiger charge is -2.24. The third kappa shape index (κ3) is 2.70. The molecule has 0 saturated heterocycles. The molecule has 0 amide bonds. The van der Waals surface area contributed by atoms with Gasteiger partial charge in [-0.1, -0.05) is 52.3 Å². The lowest BCUT2D eigenvalue weighted by molar-refractivity contribution is 0.370. The van der Waals surface area contributed by atoms with Gasteiger partial charge in [-0.05, 0) is 42.7 Å². The Labute approximate surface area is 130 Å². The summed E-state index contributed by atoms with van der Waals surface area (Å²) < 4.78 is 5.64. The molecule has 1 aromatic rings. The van der Waals surface area contributed by atoms with E-state index < -0.39 is 0 Å². The maximum Gasteiger partial charge on any atom is 0.123 e. The molecule has 118 valence electrons. The fourth-order valence-electron chi connectivity index (χ4n) is 3.88. The summed E-state index contributed by atoms with van der Waals surface area (Å²) in [6.07, 6.45) is 1.15. The highest BCUT2D eigenvalue weighted by molar-refractivity contribution is 5.41. The third-order valence-electron chi connectivity index (χ3n) is 5.80. The number of nitrogens with one attached hydrogen (secondary N) is 1. The highest BCUT2D eigenvalue weighted by atomic mass is 16.5. The van der Waals surface area contributed by atoms with Crippen molar-refractivity contribution in [1.82, 2.24) is 5.32 Å². The quantitative estimate of drug-likeness (QED) is 0.817. The van der Waals surface area contributed by atoms with Crippen LogP contribution in [0.25, 0.3) is 0 Å². The second kappa shape index (κ2) is 5.64. The Morgan fingerprint density at radius 3 is 2.29 bits per heavy atom. The molecular weight excluding hydrogens is 258 g/mol. The van der Waals surface area contributed by atoms with E-state index in [2.05, 4.69) is 65.1 Å². The second-order valence-corrected chi connectivity index (χ2v) is 7.60. The highest BCUT2D eigenvalue weighted by Gasteiger charge is 2.67. The normalized spacial score (nSPS) is 21.1. The average molecular weight is 289 g/mol. The van der Waals surface area contributed by atoms with Gasteiger partial charge in [-0.25, -0.2) is 0 Å². The Balaban J connectivity index is 2.40. The molecule has 1 aromatic carbocycles. The van der Waals surface area contributed by atoms with E-state index in [1.165, 1.54) is 11.1 Å². The minimum absolute atomic E-state index is 0.354. The zero-order chi connectivity index (χ0) is 15.8. The summed E-state index contributed by atoms with van der Waals surface area (Å²) in [4.78, 5) is 0. The van der Waals surface area contributed by atoms with Crippen molar-refractivity contribution >= 4 is 0 Å². The van der Waals surface area contributed by atoms with E-state index in [1.807, 2.05) is 0 Å². The summed E-state index contributed by atoms with van der Waals surface area (Å²) in [5.74, 6) is 1.64. The van der Waals surface area contributed by atoms with Crippen LogP contribution in [0.1, 0.15) is 58.2 Å². The van der Waals surface area contributed by atoms with E-state index in [0.717, 1.165) is 18.7 Å². The van der Waals surface area contributed by atoms with Crippen molar-refractivity contribution in [1.29, 1.82) is 0 Å². The first-order valence-corrected chi connectivity index (χ1v) is 8.15. The van der Waals surface area contributed by atoms with Crippen molar-refractivity contribution in [2.75, 3.05) is 13.7 Å². The summed E-state index contributed by atoms with van der Waals surface area (Å²) in [7, 11) is 1.77. The molecule has 0 heterocycles. The molecule has 2 rings (SSSR count). The van der Waals surface area contributed by atoms with Crippen LogP contribution in [0.2, 0.25) is 0 Å². The SMILES string of the molecule is CCCNC(c1cc(C)ccc1OC)C1C(C)(C)C1(C)C. The number of hydrogen-bond acceptors (Lipinski definition) is 2. The fourth-order valence-corrected chi connectivity index (χ4v) is 3.88. The number of aryl methyl sites for hydroxylation is 1. The standard InChI is InChI=1S/C19H31NO/c1-8-11-20-16(17-18(3,4)19(17,5)6)14-12-13(2)9-10-15(14)21-7/h9-10,12,16-17,20H,8,11H2,1-7H3. The molecule has 1 unspecified atom stereocenters. The molecule has 1 N–H and O–H groups in total. The van der Waals surface area contributed by atoms with E-state index in [1.54, 1.807) is 7.11 Å². The monoisotopic (exact) mass is 289 g/mol. The first-order valence-electron chi connectivity index (χ1n) is 8.15. The number of rotatable bonds is 6. The van der Waals surface area contributed by atoms with Gasteiger partial charge in [0.15, 0.2) is 0 Å². The zero-order valence-electron chi connectivity index (χ0n) is 14.7. The molecule has 0 spiro atoms. The van der Waals surface area contributed by atoms with Crippen LogP contribution in [0.15, 0.2) is 18.2 Å². The number of benzene rings is 1. The van der Waals surface area contributed by atoms with Crippen molar-refractivity contribution in [3.63, 3.8) is 0 Å². The molecule has 1 atom stereocenters. The lowest BCUT2D eigenvalue weighted by atomic mass is 9.94. The topological polar surface area (TPSA) is 21.3 Å². The van der Waals surface area contributed by atoms with Gasteiger partial charge in [-0.3, -0.25) is 0 Å². The van der Waals surface area contributed by atoms with Crippen LogP contribution in [0.4, 0.5) is 0 Å². The van der Waals surface area contributed by atoms with Gasteiger partial charge in [0.2, 0.25) is 0 Å². The molecule has 1 aliphatic carbocycles.